The van der Waals surface area contributed by atoms with Crippen LogP contribution in [0.5, 0.6) is 0 Å². The highest BCUT2D eigenvalue weighted by molar-refractivity contribution is 6.30. The van der Waals surface area contributed by atoms with Gasteiger partial charge in [-0.15, -0.1) is 0 Å². The minimum atomic E-state index is 0.168. The number of benzene rings is 1. The monoisotopic (exact) mass is 319 g/mol. The molecule has 22 heavy (non-hydrogen) atoms. The van der Waals surface area contributed by atoms with Gasteiger partial charge in [0, 0.05) is 36.1 Å². The van der Waals surface area contributed by atoms with Gasteiger partial charge in [0.1, 0.15) is 0 Å². The van der Waals surface area contributed by atoms with Crippen molar-refractivity contribution in [2.75, 3.05) is 19.8 Å². The van der Waals surface area contributed by atoms with Gasteiger partial charge in [0.25, 0.3) is 0 Å². The van der Waals surface area contributed by atoms with Crippen LogP contribution in [0.4, 0.5) is 0 Å². The Hall–Kier alpha value is -1.06. The van der Waals surface area contributed by atoms with Crippen LogP contribution in [0.3, 0.4) is 0 Å². The molecule has 0 spiro atoms. The van der Waals surface area contributed by atoms with Gasteiger partial charge in [-0.2, -0.15) is 0 Å². The number of nitrogens with zero attached hydrogens (tertiary/aromatic N) is 1. The quantitative estimate of drug-likeness (QED) is 0.831. The van der Waals surface area contributed by atoms with E-state index in [-0.39, 0.29) is 5.92 Å². The van der Waals surface area contributed by atoms with Crippen LogP contribution in [0.2, 0.25) is 5.02 Å². The van der Waals surface area contributed by atoms with Gasteiger partial charge < -0.3 is 9.64 Å². The van der Waals surface area contributed by atoms with Crippen molar-refractivity contribution in [2.45, 2.75) is 37.6 Å². The van der Waals surface area contributed by atoms with Crippen LogP contribution >= 0.6 is 11.6 Å². The molecule has 0 aromatic heterocycles. The van der Waals surface area contributed by atoms with Gasteiger partial charge in [0.2, 0.25) is 5.91 Å². The zero-order valence-corrected chi connectivity index (χ0v) is 13.5. The summed E-state index contributed by atoms with van der Waals surface area (Å²) in [5, 5.41) is 0.762. The van der Waals surface area contributed by atoms with Crippen molar-refractivity contribution in [2.24, 2.45) is 11.8 Å². The molecule has 1 amide bonds. The van der Waals surface area contributed by atoms with Crippen molar-refractivity contribution in [3.8, 4) is 0 Å². The highest BCUT2D eigenvalue weighted by atomic mass is 35.5. The molecule has 4 rings (SSSR count). The summed E-state index contributed by atoms with van der Waals surface area (Å²) in [6, 6.07) is 8.46. The van der Waals surface area contributed by atoms with Crippen LogP contribution in [0, 0.1) is 11.8 Å². The molecule has 1 heterocycles. The fraction of sp³-hybridized carbons (Fsp3) is 0.611. The third-order valence-electron chi connectivity index (χ3n) is 5.13. The first kappa shape index (κ1) is 14.5. The third-order valence-corrected chi connectivity index (χ3v) is 5.37. The molecule has 4 heteroatoms. The summed E-state index contributed by atoms with van der Waals surface area (Å²) in [7, 11) is 0. The van der Waals surface area contributed by atoms with E-state index in [9.17, 15) is 4.79 Å². The predicted octanol–water partition coefficient (Wildman–Crippen LogP) is 3.47. The van der Waals surface area contributed by atoms with Gasteiger partial charge in [-0.05, 0) is 49.3 Å². The summed E-state index contributed by atoms with van der Waals surface area (Å²) in [4.78, 5) is 15.1. The lowest BCUT2D eigenvalue weighted by molar-refractivity contribution is -0.134. The van der Waals surface area contributed by atoms with Crippen LogP contribution in [0.15, 0.2) is 24.3 Å². The second kappa shape index (κ2) is 5.86. The lowest BCUT2D eigenvalue weighted by Crippen LogP contribution is -2.38. The molecule has 3 fully saturated rings. The highest BCUT2D eigenvalue weighted by Crippen LogP contribution is 2.50. The summed E-state index contributed by atoms with van der Waals surface area (Å²) in [5.74, 6) is 1.43. The first-order chi connectivity index (χ1) is 10.7. The van der Waals surface area contributed by atoms with Crippen LogP contribution in [-0.4, -0.2) is 36.6 Å². The zero-order valence-electron chi connectivity index (χ0n) is 12.7. The Morgan fingerprint density at radius 2 is 2.18 bits per heavy atom. The van der Waals surface area contributed by atoms with Crippen molar-refractivity contribution < 1.29 is 9.53 Å². The maximum Gasteiger partial charge on any atom is 0.226 e. The average molecular weight is 320 g/mol. The second-order valence-electron chi connectivity index (χ2n) is 6.96. The molecule has 0 unspecified atom stereocenters. The second-order valence-corrected chi connectivity index (χ2v) is 7.39. The fourth-order valence-electron chi connectivity index (χ4n) is 3.60. The smallest absolute Gasteiger partial charge is 0.226 e. The number of rotatable bonds is 5. The minimum Gasteiger partial charge on any atom is -0.381 e. The van der Waals surface area contributed by atoms with E-state index in [2.05, 4.69) is 11.0 Å². The molecular weight excluding hydrogens is 298 g/mol. The van der Waals surface area contributed by atoms with Crippen LogP contribution in [0.1, 0.15) is 37.2 Å². The van der Waals surface area contributed by atoms with Gasteiger partial charge in [0.15, 0.2) is 0 Å². The Kier molecular flexibility index (Phi) is 3.87. The van der Waals surface area contributed by atoms with Gasteiger partial charge in [-0.25, -0.2) is 0 Å². The van der Waals surface area contributed by atoms with E-state index in [4.69, 9.17) is 16.3 Å². The van der Waals surface area contributed by atoms with Crippen LogP contribution in [-0.2, 0) is 9.53 Å². The average Bonchev–Trinajstić information content (AvgIpc) is 3.43. The van der Waals surface area contributed by atoms with E-state index in [1.165, 1.54) is 18.4 Å². The number of amides is 1. The normalized spacial score (nSPS) is 30.3. The summed E-state index contributed by atoms with van der Waals surface area (Å²) >= 11 is 6.07. The van der Waals surface area contributed by atoms with E-state index < -0.39 is 0 Å². The standard InChI is InChI=1S/C18H22ClNO2/c19-14-3-1-2-13(8-14)16-9-17(16)18(21)20(15-4-5-15)10-12-6-7-22-11-12/h1-3,8,12,15-17H,4-7,9-11H2/t12-,16-,17+/m0/s1. The Bertz CT molecular complexity index is 566. The topological polar surface area (TPSA) is 29.5 Å². The van der Waals surface area contributed by atoms with Gasteiger partial charge in [-0.3, -0.25) is 4.79 Å². The summed E-state index contributed by atoms with van der Waals surface area (Å²) < 4.78 is 5.46. The first-order valence-corrected chi connectivity index (χ1v) is 8.74. The van der Waals surface area contributed by atoms with Gasteiger partial charge in [-0.1, -0.05) is 23.7 Å². The van der Waals surface area contributed by atoms with Crippen molar-refractivity contribution in [1.29, 1.82) is 0 Å². The number of carbonyl (C=O) groups is 1. The molecule has 2 saturated carbocycles. The molecule has 0 N–H and O–H groups in total. The molecule has 3 atom stereocenters. The first-order valence-electron chi connectivity index (χ1n) is 8.36. The third kappa shape index (κ3) is 3.02. The molecule has 1 aromatic rings. The lowest BCUT2D eigenvalue weighted by Gasteiger charge is -2.25. The van der Waals surface area contributed by atoms with Crippen molar-refractivity contribution in [1.82, 2.24) is 4.90 Å². The Labute approximate surface area is 136 Å². The summed E-state index contributed by atoms with van der Waals surface area (Å²) in [6.45, 7) is 2.56. The van der Waals surface area contributed by atoms with Crippen LogP contribution < -0.4 is 0 Å². The van der Waals surface area contributed by atoms with E-state index in [1.54, 1.807) is 0 Å². The number of hydrogen-bond donors (Lipinski definition) is 0. The van der Waals surface area contributed by atoms with Crippen LogP contribution in [0.25, 0.3) is 0 Å². The molecule has 1 saturated heterocycles. The molecule has 0 bridgehead atoms. The number of carbonyl (C=O) groups excluding carboxylic acids is 1. The molecule has 2 aliphatic carbocycles. The molecule has 1 aromatic carbocycles. The van der Waals surface area contributed by atoms with Gasteiger partial charge in [0.05, 0.1) is 6.61 Å². The van der Waals surface area contributed by atoms with E-state index in [0.717, 1.165) is 37.6 Å². The predicted molar refractivity (Wildman–Crippen MR) is 86.0 cm³/mol. The molecule has 1 aliphatic heterocycles. The van der Waals surface area contributed by atoms with Crippen molar-refractivity contribution >= 4 is 17.5 Å². The summed E-state index contributed by atoms with van der Waals surface area (Å²) in [5.41, 5.74) is 1.21. The van der Waals surface area contributed by atoms with E-state index in [1.807, 2.05) is 18.2 Å². The number of hydrogen-bond acceptors (Lipinski definition) is 2. The Morgan fingerprint density at radius 3 is 2.86 bits per heavy atom. The molecule has 118 valence electrons. The SMILES string of the molecule is O=C([C@@H]1C[C@H]1c1cccc(Cl)c1)N(C[C@@H]1CCOC1)C1CC1. The number of halogens is 1. The fourth-order valence-corrected chi connectivity index (χ4v) is 3.80. The molecule has 0 radical (unpaired) electrons. The van der Waals surface area contributed by atoms with Gasteiger partial charge >= 0.3 is 0 Å². The maximum atomic E-state index is 12.9. The molecule has 3 nitrogen and oxygen atoms in total. The minimum absolute atomic E-state index is 0.168. The largest absolute Gasteiger partial charge is 0.381 e. The van der Waals surface area contributed by atoms with E-state index in [0.29, 0.717) is 23.8 Å². The molecule has 3 aliphatic rings. The summed E-state index contributed by atoms with van der Waals surface area (Å²) in [6.07, 6.45) is 4.42. The Balaban J connectivity index is 1.42. The van der Waals surface area contributed by atoms with Crippen molar-refractivity contribution in [3.63, 3.8) is 0 Å². The van der Waals surface area contributed by atoms with Crippen molar-refractivity contribution in [3.05, 3.63) is 34.9 Å². The lowest BCUT2D eigenvalue weighted by atomic mass is 10.1. The van der Waals surface area contributed by atoms with E-state index >= 15 is 0 Å². The number of ether oxygens (including phenoxy) is 1. The zero-order chi connectivity index (χ0) is 15.1. The molecular formula is C18H22ClNO2. The Morgan fingerprint density at radius 1 is 1.32 bits per heavy atom. The highest BCUT2D eigenvalue weighted by Gasteiger charge is 2.48. The maximum absolute atomic E-state index is 12.9.